The van der Waals surface area contributed by atoms with E-state index in [1.54, 1.807) is 24.4 Å². The zero-order valence-corrected chi connectivity index (χ0v) is 12.6. The molecule has 1 heterocycles. The van der Waals surface area contributed by atoms with Gasteiger partial charge in [0.15, 0.2) is 0 Å². The number of rotatable bonds is 5. The van der Waals surface area contributed by atoms with E-state index in [0.717, 1.165) is 29.9 Å². The van der Waals surface area contributed by atoms with Crippen molar-refractivity contribution in [2.75, 3.05) is 19.0 Å². The molecule has 0 unspecified atom stereocenters. The fourth-order valence-electron chi connectivity index (χ4n) is 2.07. The summed E-state index contributed by atoms with van der Waals surface area (Å²) in [5.41, 5.74) is 3.16. The van der Waals surface area contributed by atoms with Crippen molar-refractivity contribution in [2.45, 2.75) is 13.3 Å². The third-order valence-electron chi connectivity index (χ3n) is 3.29. The fraction of sp³-hybridized carbons (Fsp3) is 0.235. The maximum absolute atomic E-state index is 11.3. The fourth-order valence-corrected chi connectivity index (χ4v) is 2.07. The Morgan fingerprint density at radius 2 is 2.09 bits per heavy atom. The first-order valence-electron chi connectivity index (χ1n) is 6.92. The van der Waals surface area contributed by atoms with Crippen LogP contribution in [0.15, 0.2) is 36.5 Å². The lowest BCUT2D eigenvalue weighted by molar-refractivity contribution is 0.0600. The van der Waals surface area contributed by atoms with Crippen LogP contribution in [0.5, 0.6) is 0 Å². The second-order valence-corrected chi connectivity index (χ2v) is 4.87. The number of nitrogens with one attached hydrogen (secondary N) is 1. The first kappa shape index (κ1) is 15.5. The minimum Gasteiger partial charge on any atom is -0.465 e. The predicted octanol–water partition coefficient (Wildman–Crippen LogP) is 2.70. The Morgan fingerprint density at radius 1 is 1.36 bits per heavy atom. The van der Waals surface area contributed by atoms with E-state index >= 15 is 0 Å². The molecule has 0 fully saturated rings. The molecule has 1 aromatic heterocycles. The van der Waals surface area contributed by atoms with E-state index in [-0.39, 0.29) is 5.97 Å². The standard InChI is InChI=1S/C17H17N3O2/c1-12-9-14(10-18)11-20-16(12)19-8-7-13-3-5-15(6-4-13)17(21)22-2/h3-6,9,11H,7-8H2,1-2H3,(H,19,20). The molecule has 0 aliphatic carbocycles. The van der Waals surface area contributed by atoms with Crippen molar-refractivity contribution in [1.29, 1.82) is 5.26 Å². The molecule has 5 heteroatoms. The van der Waals surface area contributed by atoms with Crippen molar-refractivity contribution in [3.05, 3.63) is 58.8 Å². The Balaban J connectivity index is 1.91. The lowest BCUT2D eigenvalue weighted by Gasteiger charge is -2.09. The van der Waals surface area contributed by atoms with Crippen molar-refractivity contribution in [2.24, 2.45) is 0 Å². The summed E-state index contributed by atoms with van der Waals surface area (Å²) >= 11 is 0. The minimum absolute atomic E-state index is 0.331. The molecule has 0 saturated heterocycles. The van der Waals surface area contributed by atoms with Gasteiger partial charge in [0.1, 0.15) is 11.9 Å². The number of aromatic nitrogens is 1. The van der Waals surface area contributed by atoms with E-state index in [1.807, 2.05) is 19.1 Å². The molecule has 0 amide bonds. The number of nitrogens with zero attached hydrogens (tertiary/aromatic N) is 2. The number of hydrogen-bond donors (Lipinski definition) is 1. The summed E-state index contributed by atoms with van der Waals surface area (Å²) in [5.74, 6) is 0.451. The predicted molar refractivity (Wildman–Crippen MR) is 83.7 cm³/mol. The van der Waals surface area contributed by atoms with Gasteiger partial charge in [0.05, 0.1) is 18.2 Å². The van der Waals surface area contributed by atoms with Gasteiger partial charge in [-0.1, -0.05) is 12.1 Å². The molecule has 112 valence electrons. The van der Waals surface area contributed by atoms with Crippen LogP contribution in [0.2, 0.25) is 0 Å². The molecule has 0 aliphatic rings. The number of carbonyl (C=O) groups excluding carboxylic acids is 1. The number of benzene rings is 1. The van der Waals surface area contributed by atoms with Crippen LogP contribution >= 0.6 is 0 Å². The molecule has 2 rings (SSSR count). The van der Waals surface area contributed by atoms with E-state index in [0.29, 0.717) is 11.1 Å². The van der Waals surface area contributed by atoms with Gasteiger partial charge in [-0.3, -0.25) is 0 Å². The number of methoxy groups -OCH3 is 1. The highest BCUT2D eigenvalue weighted by atomic mass is 16.5. The molecule has 1 N–H and O–H groups in total. The third-order valence-corrected chi connectivity index (χ3v) is 3.29. The summed E-state index contributed by atoms with van der Waals surface area (Å²) in [6.07, 6.45) is 2.36. The molecule has 2 aromatic rings. The van der Waals surface area contributed by atoms with Crippen molar-refractivity contribution in [3.8, 4) is 6.07 Å². The van der Waals surface area contributed by atoms with E-state index in [1.165, 1.54) is 7.11 Å². The highest BCUT2D eigenvalue weighted by molar-refractivity contribution is 5.89. The molecule has 0 atom stereocenters. The van der Waals surface area contributed by atoms with Gasteiger partial charge in [0.25, 0.3) is 0 Å². The number of carbonyl (C=O) groups is 1. The summed E-state index contributed by atoms with van der Waals surface area (Å²) in [6, 6.07) is 11.2. The maximum Gasteiger partial charge on any atom is 0.337 e. The van der Waals surface area contributed by atoms with Gasteiger partial charge >= 0.3 is 5.97 Å². The van der Waals surface area contributed by atoms with Gasteiger partial charge < -0.3 is 10.1 Å². The maximum atomic E-state index is 11.3. The number of nitriles is 1. The summed E-state index contributed by atoms with van der Waals surface area (Å²) in [4.78, 5) is 15.6. The molecule has 0 spiro atoms. The second-order valence-electron chi connectivity index (χ2n) is 4.87. The number of hydrogen-bond acceptors (Lipinski definition) is 5. The SMILES string of the molecule is COC(=O)c1ccc(CCNc2ncc(C#N)cc2C)cc1. The van der Waals surface area contributed by atoms with Crippen LogP contribution in [0.25, 0.3) is 0 Å². The van der Waals surface area contributed by atoms with Crippen molar-refractivity contribution >= 4 is 11.8 Å². The van der Waals surface area contributed by atoms with E-state index in [2.05, 4.69) is 21.1 Å². The molecule has 0 aliphatic heterocycles. The molecule has 0 radical (unpaired) electrons. The molecule has 0 bridgehead atoms. The van der Waals surface area contributed by atoms with E-state index in [4.69, 9.17) is 5.26 Å². The summed E-state index contributed by atoms with van der Waals surface area (Å²) in [6.45, 7) is 2.64. The Bertz CT molecular complexity index is 703. The lowest BCUT2D eigenvalue weighted by atomic mass is 10.1. The van der Waals surface area contributed by atoms with Crippen molar-refractivity contribution < 1.29 is 9.53 Å². The highest BCUT2D eigenvalue weighted by Gasteiger charge is 2.05. The molecular formula is C17H17N3O2. The van der Waals surface area contributed by atoms with Gasteiger partial charge in [-0.05, 0) is 42.7 Å². The van der Waals surface area contributed by atoms with Gasteiger partial charge in [0, 0.05) is 12.7 Å². The number of ether oxygens (including phenoxy) is 1. The topological polar surface area (TPSA) is 75.0 Å². The van der Waals surface area contributed by atoms with Gasteiger partial charge in [0.2, 0.25) is 0 Å². The van der Waals surface area contributed by atoms with Gasteiger partial charge in [-0.15, -0.1) is 0 Å². The minimum atomic E-state index is -0.331. The van der Waals surface area contributed by atoms with Crippen LogP contribution < -0.4 is 5.32 Å². The average Bonchev–Trinajstić information content (AvgIpc) is 2.56. The Morgan fingerprint density at radius 3 is 2.68 bits per heavy atom. The molecular weight excluding hydrogens is 278 g/mol. The normalized spacial score (nSPS) is 9.86. The van der Waals surface area contributed by atoms with Crippen LogP contribution in [-0.2, 0) is 11.2 Å². The van der Waals surface area contributed by atoms with E-state index < -0.39 is 0 Å². The average molecular weight is 295 g/mol. The summed E-state index contributed by atoms with van der Waals surface area (Å²) in [7, 11) is 1.37. The summed E-state index contributed by atoms with van der Waals surface area (Å²) in [5, 5.41) is 12.1. The van der Waals surface area contributed by atoms with Crippen molar-refractivity contribution in [1.82, 2.24) is 4.98 Å². The monoisotopic (exact) mass is 295 g/mol. The van der Waals surface area contributed by atoms with Crippen LogP contribution in [0, 0.1) is 18.3 Å². The largest absolute Gasteiger partial charge is 0.465 e. The third kappa shape index (κ3) is 3.83. The van der Waals surface area contributed by atoms with Crippen LogP contribution in [0.4, 0.5) is 5.82 Å². The number of esters is 1. The highest BCUT2D eigenvalue weighted by Crippen LogP contribution is 2.13. The molecule has 1 aromatic carbocycles. The summed E-state index contributed by atoms with van der Waals surface area (Å²) < 4.78 is 4.66. The Hall–Kier alpha value is -2.87. The first-order chi connectivity index (χ1) is 10.6. The number of aryl methyl sites for hydroxylation is 1. The number of pyridine rings is 1. The Labute approximate surface area is 129 Å². The lowest BCUT2D eigenvalue weighted by Crippen LogP contribution is -2.08. The van der Waals surface area contributed by atoms with Crippen LogP contribution in [0.3, 0.4) is 0 Å². The van der Waals surface area contributed by atoms with Crippen LogP contribution in [0.1, 0.15) is 27.0 Å². The van der Waals surface area contributed by atoms with Gasteiger partial charge in [-0.25, -0.2) is 9.78 Å². The first-order valence-corrected chi connectivity index (χ1v) is 6.92. The zero-order valence-electron chi connectivity index (χ0n) is 12.6. The Kier molecular flexibility index (Phi) is 5.10. The van der Waals surface area contributed by atoms with Gasteiger partial charge in [-0.2, -0.15) is 5.26 Å². The molecule has 0 saturated carbocycles. The number of anilines is 1. The molecule has 22 heavy (non-hydrogen) atoms. The zero-order chi connectivity index (χ0) is 15.9. The van der Waals surface area contributed by atoms with Crippen molar-refractivity contribution in [3.63, 3.8) is 0 Å². The quantitative estimate of drug-likeness (QED) is 0.858. The van der Waals surface area contributed by atoms with Crippen LogP contribution in [-0.4, -0.2) is 24.6 Å². The van der Waals surface area contributed by atoms with E-state index in [9.17, 15) is 4.79 Å². The molecule has 5 nitrogen and oxygen atoms in total. The smallest absolute Gasteiger partial charge is 0.337 e. The second kappa shape index (κ2) is 7.23.